The third kappa shape index (κ3) is 2.81. The molecule has 0 radical (unpaired) electrons. The number of rotatable bonds is 4. The number of hydrogen-bond donors (Lipinski definition) is 1. The Morgan fingerprint density at radius 1 is 1.08 bits per heavy atom. The van der Waals surface area contributed by atoms with Crippen LogP contribution in [0.3, 0.4) is 0 Å². The molecule has 4 aromatic rings. The fraction of sp³-hybridized carbons (Fsp3) is 0.0952. The van der Waals surface area contributed by atoms with E-state index < -0.39 is 5.97 Å². The van der Waals surface area contributed by atoms with Gasteiger partial charge in [-0.25, -0.2) is 0 Å². The number of nitrogens with zero attached hydrogens (tertiary/aromatic N) is 2. The summed E-state index contributed by atoms with van der Waals surface area (Å²) >= 11 is 1.58. The Morgan fingerprint density at radius 3 is 2.65 bits per heavy atom. The molecule has 4 rings (SSSR count). The van der Waals surface area contributed by atoms with Gasteiger partial charge in [-0.15, -0.1) is 11.3 Å². The standard InChI is InChI=1S/C21H14N2O2S/c22-10-13-5-7-17(16-4-2-1-3-15(13)16)19-11-23-12-20-18(19)9-14(26-20)6-8-21(24)25/h1-5,7,9,11-12H,6,8H2,(H,24,25). The molecule has 0 atom stereocenters. The second-order valence-electron chi connectivity index (χ2n) is 6.02. The van der Waals surface area contributed by atoms with E-state index in [-0.39, 0.29) is 6.42 Å². The van der Waals surface area contributed by atoms with Crippen molar-refractivity contribution in [3.05, 3.63) is 65.3 Å². The number of aromatic nitrogens is 1. The van der Waals surface area contributed by atoms with E-state index in [1.165, 1.54) is 0 Å². The molecule has 0 saturated carbocycles. The van der Waals surface area contributed by atoms with Crippen LogP contribution in [-0.4, -0.2) is 16.1 Å². The summed E-state index contributed by atoms with van der Waals surface area (Å²) in [5.41, 5.74) is 2.68. The molecule has 0 unspecified atom stereocenters. The zero-order chi connectivity index (χ0) is 18.1. The Kier molecular flexibility index (Phi) is 4.11. The van der Waals surface area contributed by atoms with Gasteiger partial charge < -0.3 is 5.11 Å². The van der Waals surface area contributed by atoms with Crippen LogP contribution in [0.15, 0.2) is 54.9 Å². The first-order valence-electron chi connectivity index (χ1n) is 8.18. The second-order valence-corrected chi connectivity index (χ2v) is 7.19. The highest BCUT2D eigenvalue weighted by atomic mass is 32.1. The molecule has 0 bridgehead atoms. The number of carbonyl (C=O) groups is 1. The minimum atomic E-state index is -0.793. The van der Waals surface area contributed by atoms with Gasteiger partial charge in [0.15, 0.2) is 0 Å². The lowest BCUT2D eigenvalue weighted by Crippen LogP contribution is -1.95. The van der Waals surface area contributed by atoms with Crippen LogP contribution in [0, 0.1) is 11.3 Å². The Hall–Kier alpha value is -3.23. The molecule has 0 saturated heterocycles. The smallest absolute Gasteiger partial charge is 0.303 e. The van der Waals surface area contributed by atoms with Crippen molar-refractivity contribution in [2.24, 2.45) is 0 Å². The van der Waals surface area contributed by atoms with Crippen molar-refractivity contribution in [3.63, 3.8) is 0 Å². The average Bonchev–Trinajstić information content (AvgIpc) is 3.09. The van der Waals surface area contributed by atoms with E-state index >= 15 is 0 Å². The summed E-state index contributed by atoms with van der Waals surface area (Å²) in [5.74, 6) is -0.793. The lowest BCUT2D eigenvalue weighted by Gasteiger charge is -2.09. The van der Waals surface area contributed by atoms with E-state index in [0.29, 0.717) is 12.0 Å². The van der Waals surface area contributed by atoms with Gasteiger partial charge in [0.05, 0.1) is 22.8 Å². The molecule has 5 heteroatoms. The maximum atomic E-state index is 10.8. The quantitative estimate of drug-likeness (QED) is 0.557. The van der Waals surface area contributed by atoms with Crippen LogP contribution in [0.2, 0.25) is 0 Å². The van der Waals surface area contributed by atoms with Gasteiger partial charge in [0.25, 0.3) is 0 Å². The Labute approximate surface area is 154 Å². The summed E-state index contributed by atoms with van der Waals surface area (Å²) in [7, 11) is 0. The largest absolute Gasteiger partial charge is 0.481 e. The van der Waals surface area contributed by atoms with E-state index in [0.717, 1.165) is 36.9 Å². The molecule has 0 amide bonds. The van der Waals surface area contributed by atoms with E-state index in [4.69, 9.17) is 5.11 Å². The minimum absolute atomic E-state index is 0.120. The first-order chi connectivity index (χ1) is 12.7. The number of thiophene rings is 1. The number of carboxylic acids is 1. The SMILES string of the molecule is N#Cc1ccc(-c2cncc3sc(CCC(=O)O)cc23)c2ccccc12. The molecule has 0 aliphatic heterocycles. The zero-order valence-electron chi connectivity index (χ0n) is 13.8. The van der Waals surface area contributed by atoms with Gasteiger partial charge in [-0.3, -0.25) is 9.78 Å². The van der Waals surface area contributed by atoms with Gasteiger partial charge in [0.1, 0.15) is 0 Å². The fourth-order valence-corrected chi connectivity index (χ4v) is 4.27. The van der Waals surface area contributed by atoms with Crippen molar-refractivity contribution in [1.82, 2.24) is 4.98 Å². The summed E-state index contributed by atoms with van der Waals surface area (Å²) in [5, 5.41) is 21.3. The predicted molar refractivity (Wildman–Crippen MR) is 103 cm³/mol. The number of carboxylic acid groups (broad SMARTS) is 1. The van der Waals surface area contributed by atoms with Crippen molar-refractivity contribution >= 4 is 38.2 Å². The highest BCUT2D eigenvalue weighted by Crippen LogP contribution is 2.37. The number of benzene rings is 2. The van der Waals surface area contributed by atoms with E-state index in [1.54, 1.807) is 11.3 Å². The molecule has 0 spiro atoms. The zero-order valence-corrected chi connectivity index (χ0v) is 14.6. The van der Waals surface area contributed by atoms with Gasteiger partial charge in [0.2, 0.25) is 0 Å². The monoisotopic (exact) mass is 358 g/mol. The molecular weight excluding hydrogens is 344 g/mol. The summed E-state index contributed by atoms with van der Waals surface area (Å²) in [6.45, 7) is 0. The maximum Gasteiger partial charge on any atom is 0.303 e. The maximum absolute atomic E-state index is 10.8. The fourth-order valence-electron chi connectivity index (χ4n) is 3.21. The van der Waals surface area contributed by atoms with Crippen molar-refractivity contribution in [3.8, 4) is 17.2 Å². The van der Waals surface area contributed by atoms with Crippen molar-refractivity contribution in [1.29, 1.82) is 5.26 Å². The topological polar surface area (TPSA) is 74.0 Å². The van der Waals surface area contributed by atoms with Gasteiger partial charge in [-0.05, 0) is 29.5 Å². The van der Waals surface area contributed by atoms with Gasteiger partial charge in [-0.1, -0.05) is 30.3 Å². The number of fused-ring (bicyclic) bond motifs is 2. The molecule has 2 aromatic carbocycles. The normalized spacial score (nSPS) is 10.9. The van der Waals surface area contributed by atoms with Gasteiger partial charge >= 0.3 is 5.97 Å². The van der Waals surface area contributed by atoms with Crippen LogP contribution in [0.4, 0.5) is 0 Å². The molecule has 1 N–H and O–H groups in total. The summed E-state index contributed by atoms with van der Waals surface area (Å²) in [6.07, 6.45) is 4.29. The van der Waals surface area contributed by atoms with E-state index in [2.05, 4.69) is 17.1 Å². The van der Waals surface area contributed by atoms with Crippen LogP contribution in [0.25, 0.3) is 32.0 Å². The lowest BCUT2D eigenvalue weighted by molar-refractivity contribution is -0.136. The number of aryl methyl sites for hydroxylation is 1. The molecule has 2 heterocycles. The van der Waals surface area contributed by atoms with Crippen molar-refractivity contribution in [2.45, 2.75) is 12.8 Å². The molecule has 0 aliphatic carbocycles. The van der Waals surface area contributed by atoms with Crippen LogP contribution in [-0.2, 0) is 11.2 Å². The van der Waals surface area contributed by atoms with Crippen LogP contribution < -0.4 is 0 Å². The van der Waals surface area contributed by atoms with Gasteiger partial charge in [-0.2, -0.15) is 5.26 Å². The van der Waals surface area contributed by atoms with Crippen LogP contribution >= 0.6 is 11.3 Å². The van der Waals surface area contributed by atoms with Crippen molar-refractivity contribution < 1.29 is 9.90 Å². The molecular formula is C21H14N2O2S. The molecule has 26 heavy (non-hydrogen) atoms. The van der Waals surface area contributed by atoms with Crippen LogP contribution in [0.5, 0.6) is 0 Å². The average molecular weight is 358 g/mol. The van der Waals surface area contributed by atoms with E-state index in [9.17, 15) is 10.1 Å². The Morgan fingerprint density at radius 2 is 1.88 bits per heavy atom. The molecule has 4 nitrogen and oxygen atoms in total. The molecule has 2 aromatic heterocycles. The number of hydrogen-bond acceptors (Lipinski definition) is 4. The highest BCUT2D eigenvalue weighted by Gasteiger charge is 2.13. The van der Waals surface area contributed by atoms with Crippen LogP contribution in [0.1, 0.15) is 16.9 Å². The number of aliphatic carboxylic acids is 1. The van der Waals surface area contributed by atoms with Crippen molar-refractivity contribution in [2.75, 3.05) is 0 Å². The Bertz CT molecular complexity index is 1190. The first kappa shape index (κ1) is 16.2. The molecule has 126 valence electrons. The summed E-state index contributed by atoms with van der Waals surface area (Å²) in [6, 6.07) is 16.0. The molecule has 0 fully saturated rings. The summed E-state index contributed by atoms with van der Waals surface area (Å²) < 4.78 is 1.04. The predicted octanol–water partition coefficient (Wildman–Crippen LogP) is 5.01. The lowest BCUT2D eigenvalue weighted by atomic mass is 9.95. The van der Waals surface area contributed by atoms with Gasteiger partial charge in [0, 0.05) is 33.6 Å². The number of nitriles is 1. The Balaban J connectivity index is 1.91. The second kappa shape index (κ2) is 6.58. The first-order valence-corrected chi connectivity index (χ1v) is 8.99. The third-order valence-electron chi connectivity index (χ3n) is 4.42. The summed E-state index contributed by atoms with van der Waals surface area (Å²) in [4.78, 5) is 16.3. The minimum Gasteiger partial charge on any atom is -0.481 e. The number of pyridine rings is 1. The highest BCUT2D eigenvalue weighted by molar-refractivity contribution is 7.19. The van der Waals surface area contributed by atoms with E-state index in [1.807, 2.05) is 48.8 Å². The third-order valence-corrected chi connectivity index (χ3v) is 5.55. The molecule has 0 aliphatic rings.